The van der Waals surface area contributed by atoms with Crippen LogP contribution in [0.5, 0.6) is 0 Å². The maximum absolute atomic E-state index is 12.1. The molecule has 1 aliphatic rings. The van der Waals surface area contributed by atoms with Gasteiger partial charge in [-0.3, -0.25) is 0 Å². The molecule has 1 fully saturated rings. The highest BCUT2D eigenvalue weighted by Crippen LogP contribution is 2.36. The number of alkyl halides is 1. The number of halogens is 1. The first-order valence-corrected chi connectivity index (χ1v) is 5.07. The summed E-state index contributed by atoms with van der Waals surface area (Å²) in [7, 11) is 0. The van der Waals surface area contributed by atoms with Crippen LogP contribution in [0.4, 0.5) is 4.39 Å². The van der Waals surface area contributed by atoms with Crippen LogP contribution in [0.15, 0.2) is 12.5 Å². The molecule has 2 rings (SSSR count). The van der Waals surface area contributed by atoms with Gasteiger partial charge in [-0.05, 0) is 25.7 Å². The zero-order valence-corrected chi connectivity index (χ0v) is 8.25. The van der Waals surface area contributed by atoms with Gasteiger partial charge in [-0.25, -0.2) is 9.37 Å². The van der Waals surface area contributed by atoms with Crippen molar-refractivity contribution >= 4 is 0 Å². The minimum absolute atomic E-state index is 0.0742. The summed E-state index contributed by atoms with van der Waals surface area (Å²) in [6.07, 6.45) is 7.66. The Morgan fingerprint density at radius 3 is 3.00 bits per heavy atom. The summed E-state index contributed by atoms with van der Waals surface area (Å²) in [5.74, 6) is 0. The van der Waals surface area contributed by atoms with Gasteiger partial charge >= 0.3 is 0 Å². The lowest BCUT2D eigenvalue weighted by Crippen LogP contribution is -2.22. The van der Waals surface area contributed by atoms with Crippen molar-refractivity contribution in [2.24, 2.45) is 5.73 Å². The lowest BCUT2D eigenvalue weighted by atomic mass is 10.1. The lowest BCUT2D eigenvalue weighted by Gasteiger charge is -2.09. The van der Waals surface area contributed by atoms with Crippen LogP contribution in [-0.2, 0) is 13.0 Å². The maximum Gasteiger partial charge on any atom is 0.107 e. The molecule has 2 N–H and O–H groups in total. The van der Waals surface area contributed by atoms with Crippen molar-refractivity contribution in [1.82, 2.24) is 9.55 Å². The van der Waals surface area contributed by atoms with Crippen LogP contribution in [0.3, 0.4) is 0 Å². The molecule has 3 nitrogen and oxygen atoms in total. The van der Waals surface area contributed by atoms with Gasteiger partial charge in [0.2, 0.25) is 0 Å². The van der Waals surface area contributed by atoms with Gasteiger partial charge in [-0.2, -0.15) is 0 Å². The highest BCUT2D eigenvalue weighted by Gasteiger charge is 2.37. The van der Waals surface area contributed by atoms with E-state index in [1.165, 1.54) is 0 Å². The van der Waals surface area contributed by atoms with Crippen LogP contribution < -0.4 is 5.73 Å². The predicted octanol–water partition coefficient (Wildman–Crippen LogP) is 1.28. The summed E-state index contributed by atoms with van der Waals surface area (Å²) in [5, 5.41) is 0. The first kappa shape index (κ1) is 9.65. The van der Waals surface area contributed by atoms with Crippen molar-refractivity contribution in [3.05, 3.63) is 18.2 Å². The zero-order valence-electron chi connectivity index (χ0n) is 8.25. The van der Waals surface area contributed by atoms with Crippen LogP contribution in [-0.4, -0.2) is 21.8 Å². The molecule has 1 heterocycles. The van der Waals surface area contributed by atoms with Crippen molar-refractivity contribution in [3.63, 3.8) is 0 Å². The summed E-state index contributed by atoms with van der Waals surface area (Å²) in [6.45, 7) is 0.0734. The quantitative estimate of drug-likeness (QED) is 0.772. The summed E-state index contributed by atoms with van der Waals surface area (Å²) >= 11 is 0. The first-order valence-electron chi connectivity index (χ1n) is 5.07. The van der Waals surface area contributed by atoms with Crippen molar-refractivity contribution in [1.29, 1.82) is 0 Å². The van der Waals surface area contributed by atoms with Crippen molar-refractivity contribution in [2.45, 2.75) is 37.8 Å². The van der Waals surface area contributed by atoms with Gasteiger partial charge in [0, 0.05) is 17.4 Å². The third kappa shape index (κ3) is 2.12. The number of nitrogens with zero attached hydrogens (tertiary/aromatic N) is 2. The maximum atomic E-state index is 12.1. The van der Waals surface area contributed by atoms with E-state index >= 15 is 0 Å². The molecular formula is C10H16FN3. The Morgan fingerprint density at radius 2 is 2.36 bits per heavy atom. The molecule has 0 amide bonds. The minimum Gasteiger partial charge on any atom is -0.332 e. The molecule has 0 radical (unpaired) electrons. The van der Waals surface area contributed by atoms with Crippen molar-refractivity contribution in [2.75, 3.05) is 6.67 Å². The minimum atomic E-state index is -0.336. The number of hydrogen-bond acceptors (Lipinski definition) is 2. The highest BCUT2D eigenvalue weighted by molar-refractivity contribution is 5.05. The molecule has 0 unspecified atom stereocenters. The van der Waals surface area contributed by atoms with Gasteiger partial charge in [-0.1, -0.05) is 0 Å². The topological polar surface area (TPSA) is 43.8 Å². The molecular weight excluding hydrogens is 181 g/mol. The fourth-order valence-electron chi connectivity index (χ4n) is 1.64. The Kier molecular flexibility index (Phi) is 2.54. The van der Waals surface area contributed by atoms with Gasteiger partial charge in [0.15, 0.2) is 0 Å². The van der Waals surface area contributed by atoms with Crippen LogP contribution in [0.25, 0.3) is 0 Å². The van der Waals surface area contributed by atoms with Gasteiger partial charge in [0.25, 0.3) is 0 Å². The molecule has 78 valence electrons. The average molecular weight is 197 g/mol. The first-order chi connectivity index (χ1) is 6.73. The van der Waals surface area contributed by atoms with Crippen LogP contribution >= 0.6 is 0 Å². The summed E-state index contributed by atoms with van der Waals surface area (Å²) < 4.78 is 14.0. The van der Waals surface area contributed by atoms with Gasteiger partial charge in [-0.15, -0.1) is 0 Å². The largest absolute Gasteiger partial charge is 0.332 e. The molecule has 0 saturated heterocycles. The standard InChI is InChI=1S/C10H16FN3/c11-5-6-14-8-13-7-9(14)1-2-10(12)3-4-10/h7-8H,1-6,12H2. The second kappa shape index (κ2) is 3.69. The molecule has 1 aliphatic carbocycles. The molecule has 0 bridgehead atoms. The summed E-state index contributed by atoms with van der Waals surface area (Å²) in [4.78, 5) is 4.02. The Hall–Kier alpha value is -0.900. The second-order valence-corrected chi connectivity index (χ2v) is 4.13. The number of hydrogen-bond donors (Lipinski definition) is 1. The van der Waals surface area contributed by atoms with Crippen molar-refractivity contribution < 1.29 is 4.39 Å². The third-order valence-corrected chi connectivity index (χ3v) is 2.90. The van der Waals surface area contributed by atoms with E-state index in [9.17, 15) is 4.39 Å². The molecule has 1 aromatic rings. The average Bonchev–Trinajstić information content (AvgIpc) is 2.75. The predicted molar refractivity (Wildman–Crippen MR) is 52.7 cm³/mol. The monoisotopic (exact) mass is 197 g/mol. The Bertz CT molecular complexity index is 304. The molecule has 0 atom stereocenters. The van der Waals surface area contributed by atoms with Crippen LogP contribution in [0.2, 0.25) is 0 Å². The highest BCUT2D eigenvalue weighted by atomic mass is 19.1. The zero-order chi connectivity index (χ0) is 10.0. The van der Waals surface area contributed by atoms with Gasteiger partial charge in [0.05, 0.1) is 12.9 Å². The molecule has 4 heteroatoms. The molecule has 0 aliphatic heterocycles. The SMILES string of the molecule is NC1(CCc2cncn2CCF)CC1. The summed E-state index contributed by atoms with van der Waals surface area (Å²) in [6, 6.07) is 0. The number of aryl methyl sites for hydroxylation is 2. The van der Waals surface area contributed by atoms with Gasteiger partial charge in [0.1, 0.15) is 6.67 Å². The van der Waals surface area contributed by atoms with E-state index in [4.69, 9.17) is 5.73 Å². The lowest BCUT2D eigenvalue weighted by molar-refractivity contribution is 0.437. The Labute approximate surface area is 83.1 Å². The normalized spacial score (nSPS) is 18.4. The van der Waals surface area contributed by atoms with E-state index < -0.39 is 0 Å². The second-order valence-electron chi connectivity index (χ2n) is 4.13. The van der Waals surface area contributed by atoms with Crippen LogP contribution in [0.1, 0.15) is 25.0 Å². The van der Waals surface area contributed by atoms with E-state index in [0.717, 1.165) is 31.4 Å². The number of aromatic nitrogens is 2. The van der Waals surface area contributed by atoms with E-state index in [1.807, 2.05) is 4.57 Å². The molecule has 1 aromatic heterocycles. The fraction of sp³-hybridized carbons (Fsp3) is 0.700. The summed E-state index contributed by atoms with van der Waals surface area (Å²) in [5.41, 5.74) is 7.15. The molecule has 14 heavy (non-hydrogen) atoms. The Balaban J connectivity index is 1.91. The van der Waals surface area contributed by atoms with E-state index in [-0.39, 0.29) is 12.2 Å². The number of rotatable bonds is 5. The van der Waals surface area contributed by atoms with E-state index in [2.05, 4.69) is 4.98 Å². The molecule has 0 aromatic carbocycles. The number of imidazole rings is 1. The van der Waals surface area contributed by atoms with Crippen molar-refractivity contribution in [3.8, 4) is 0 Å². The van der Waals surface area contributed by atoms with E-state index in [0.29, 0.717) is 6.54 Å². The van der Waals surface area contributed by atoms with Gasteiger partial charge < -0.3 is 10.3 Å². The Morgan fingerprint density at radius 1 is 1.57 bits per heavy atom. The number of nitrogens with two attached hydrogens (primary N) is 1. The van der Waals surface area contributed by atoms with Crippen LogP contribution in [0, 0.1) is 0 Å². The molecule has 0 spiro atoms. The molecule has 1 saturated carbocycles. The fourth-order valence-corrected chi connectivity index (χ4v) is 1.64. The smallest absolute Gasteiger partial charge is 0.107 e. The third-order valence-electron chi connectivity index (χ3n) is 2.90. The van der Waals surface area contributed by atoms with E-state index in [1.54, 1.807) is 12.5 Å².